The topological polar surface area (TPSA) is 47.9 Å². The highest BCUT2D eigenvalue weighted by Crippen LogP contribution is 2.19. The van der Waals surface area contributed by atoms with Crippen molar-refractivity contribution in [1.29, 1.82) is 0 Å². The van der Waals surface area contributed by atoms with Gasteiger partial charge in [0.1, 0.15) is 0 Å². The lowest BCUT2D eigenvalue weighted by molar-refractivity contribution is 0.122. The van der Waals surface area contributed by atoms with E-state index >= 15 is 0 Å². The van der Waals surface area contributed by atoms with Crippen molar-refractivity contribution in [1.82, 2.24) is 0 Å². The van der Waals surface area contributed by atoms with Crippen molar-refractivity contribution in [2.45, 2.75) is 179 Å². The Morgan fingerprint density at radius 2 is 0.514 bits per heavy atom. The lowest BCUT2D eigenvalue weighted by Crippen LogP contribution is -2.42. The third kappa shape index (κ3) is 26.1. The lowest BCUT2D eigenvalue weighted by Gasteiger charge is -2.24. The molecule has 0 radical (unpaired) electrons. The zero-order chi connectivity index (χ0) is 27.1. The maximum atomic E-state index is 8.78. The minimum atomic E-state index is -2.34. The Bertz CT molecular complexity index is 409. The zero-order valence-electron chi connectivity index (χ0n) is 25.7. The minimum Gasteiger partial charge on any atom is -0.396 e. The molecule has 0 aromatic carbocycles. The number of hydrogen-bond donors (Lipinski definition) is 1. The second kappa shape index (κ2) is 30.6. The van der Waals surface area contributed by atoms with Gasteiger partial charge in [-0.15, -0.1) is 0 Å². The van der Waals surface area contributed by atoms with Crippen LogP contribution in [0, 0.1) is 0 Å². The van der Waals surface area contributed by atoms with E-state index in [0.717, 1.165) is 18.9 Å². The molecule has 5 heteroatoms. The van der Waals surface area contributed by atoms with E-state index in [1.807, 2.05) is 0 Å². The Morgan fingerprint density at radius 1 is 0.324 bits per heavy atom. The van der Waals surface area contributed by atoms with Crippen LogP contribution in [0.2, 0.25) is 6.04 Å². The van der Waals surface area contributed by atoms with Gasteiger partial charge in [0.25, 0.3) is 0 Å². The molecule has 4 nitrogen and oxygen atoms in total. The van der Waals surface area contributed by atoms with Gasteiger partial charge in [-0.25, -0.2) is 0 Å². The summed E-state index contributed by atoms with van der Waals surface area (Å²) in [4.78, 5) is 0. The molecule has 224 valence electrons. The molecule has 0 fully saturated rings. The van der Waals surface area contributed by atoms with Crippen molar-refractivity contribution in [3.63, 3.8) is 0 Å². The van der Waals surface area contributed by atoms with Gasteiger partial charge in [-0.1, -0.05) is 161 Å². The standard InChI is InChI=1S/C32H68O4Si/c1-34-37(35-2,36-3)32-30-28-26-24-22-20-18-16-14-12-10-8-6-4-5-7-9-11-13-15-17-19-21-23-25-27-29-31-33/h33H,4-32H2,1-3H3. The molecule has 1 N–H and O–H groups in total. The van der Waals surface area contributed by atoms with Gasteiger partial charge in [0.05, 0.1) is 0 Å². The summed E-state index contributed by atoms with van der Waals surface area (Å²) < 4.78 is 16.5. The molecule has 0 aliphatic rings. The number of unbranched alkanes of at least 4 members (excludes halogenated alkanes) is 26. The van der Waals surface area contributed by atoms with E-state index in [9.17, 15) is 0 Å². The molecule has 0 saturated carbocycles. The Kier molecular flexibility index (Phi) is 30.6. The summed E-state index contributed by atoms with van der Waals surface area (Å²) in [6.45, 7) is 0.368. The highest BCUT2D eigenvalue weighted by molar-refractivity contribution is 6.60. The van der Waals surface area contributed by atoms with Crippen LogP contribution in [0.4, 0.5) is 0 Å². The fourth-order valence-electron chi connectivity index (χ4n) is 5.43. The van der Waals surface area contributed by atoms with Gasteiger partial charge in [-0.05, 0) is 12.8 Å². The number of aliphatic hydroxyl groups is 1. The highest BCUT2D eigenvalue weighted by atomic mass is 28.4. The van der Waals surface area contributed by atoms with E-state index in [0.29, 0.717) is 6.61 Å². The van der Waals surface area contributed by atoms with Crippen LogP contribution < -0.4 is 0 Å². The predicted molar refractivity (Wildman–Crippen MR) is 163 cm³/mol. The summed E-state index contributed by atoms with van der Waals surface area (Å²) in [6, 6.07) is 0.936. The Balaban J connectivity index is 3.13. The first kappa shape index (κ1) is 37.1. The summed E-state index contributed by atoms with van der Waals surface area (Å²) in [5.41, 5.74) is 0. The van der Waals surface area contributed by atoms with Crippen LogP contribution in [0.25, 0.3) is 0 Å². The van der Waals surface area contributed by atoms with E-state index in [4.69, 9.17) is 18.4 Å². The third-order valence-electron chi connectivity index (χ3n) is 8.07. The van der Waals surface area contributed by atoms with E-state index in [1.54, 1.807) is 21.3 Å². The molecule has 0 aliphatic carbocycles. The zero-order valence-corrected chi connectivity index (χ0v) is 26.7. The molecule has 0 aliphatic heterocycles. The molecule has 0 unspecified atom stereocenters. The predicted octanol–water partition coefficient (Wildman–Crippen LogP) is 10.4. The number of rotatable bonds is 32. The van der Waals surface area contributed by atoms with Crippen LogP contribution in [0.5, 0.6) is 0 Å². The van der Waals surface area contributed by atoms with Gasteiger partial charge in [0, 0.05) is 34.0 Å². The normalized spacial score (nSPS) is 12.0. The Labute approximate surface area is 234 Å². The van der Waals surface area contributed by atoms with Crippen molar-refractivity contribution >= 4 is 8.80 Å². The molecule has 0 atom stereocenters. The van der Waals surface area contributed by atoms with Crippen LogP contribution in [0.15, 0.2) is 0 Å². The molecule has 0 aromatic rings. The average Bonchev–Trinajstić information content (AvgIpc) is 2.92. The summed E-state index contributed by atoms with van der Waals surface area (Å²) in [6.07, 6.45) is 37.4. The Hall–Kier alpha value is 0.0569. The molecule has 0 saturated heterocycles. The smallest absolute Gasteiger partial charge is 0.396 e. The highest BCUT2D eigenvalue weighted by Gasteiger charge is 2.36. The molecule has 0 bridgehead atoms. The maximum absolute atomic E-state index is 8.78. The fourth-order valence-corrected chi connectivity index (χ4v) is 7.22. The second-order valence-corrected chi connectivity index (χ2v) is 14.4. The molecule has 0 heterocycles. The van der Waals surface area contributed by atoms with Crippen molar-refractivity contribution in [3.8, 4) is 0 Å². The first-order chi connectivity index (χ1) is 18.2. The second-order valence-electron chi connectivity index (χ2n) is 11.3. The summed E-state index contributed by atoms with van der Waals surface area (Å²) >= 11 is 0. The van der Waals surface area contributed by atoms with Crippen molar-refractivity contribution in [3.05, 3.63) is 0 Å². The first-order valence-corrected chi connectivity index (χ1v) is 18.4. The first-order valence-electron chi connectivity index (χ1n) is 16.5. The summed E-state index contributed by atoms with van der Waals surface area (Å²) in [7, 11) is 2.77. The Morgan fingerprint density at radius 3 is 0.703 bits per heavy atom. The van der Waals surface area contributed by atoms with Crippen molar-refractivity contribution < 1.29 is 18.4 Å². The average molecular weight is 545 g/mol. The summed E-state index contributed by atoms with van der Waals surface area (Å²) in [5, 5.41) is 8.78. The van der Waals surface area contributed by atoms with E-state index in [1.165, 1.54) is 161 Å². The van der Waals surface area contributed by atoms with Gasteiger partial charge >= 0.3 is 8.80 Å². The lowest BCUT2D eigenvalue weighted by atomic mass is 10.0. The fraction of sp³-hybridized carbons (Fsp3) is 1.00. The van der Waals surface area contributed by atoms with E-state index in [-0.39, 0.29) is 0 Å². The van der Waals surface area contributed by atoms with Gasteiger partial charge in [-0.3, -0.25) is 0 Å². The van der Waals surface area contributed by atoms with Crippen LogP contribution >= 0.6 is 0 Å². The van der Waals surface area contributed by atoms with Crippen LogP contribution in [-0.4, -0.2) is 41.8 Å². The maximum Gasteiger partial charge on any atom is 0.500 e. The molecule has 0 aromatic heterocycles. The number of aliphatic hydroxyl groups excluding tert-OH is 1. The van der Waals surface area contributed by atoms with Crippen LogP contribution in [0.3, 0.4) is 0 Å². The van der Waals surface area contributed by atoms with Gasteiger partial charge < -0.3 is 18.4 Å². The number of hydrogen-bond acceptors (Lipinski definition) is 4. The van der Waals surface area contributed by atoms with Crippen LogP contribution in [0.1, 0.15) is 173 Å². The van der Waals surface area contributed by atoms with Gasteiger partial charge in [-0.2, -0.15) is 0 Å². The van der Waals surface area contributed by atoms with Gasteiger partial charge in [0.2, 0.25) is 0 Å². The molecular formula is C32H68O4Si. The molecule has 37 heavy (non-hydrogen) atoms. The molecule has 0 amide bonds. The van der Waals surface area contributed by atoms with Crippen LogP contribution in [-0.2, 0) is 13.3 Å². The molecule has 0 rings (SSSR count). The quantitative estimate of drug-likeness (QED) is 0.0676. The molecule has 0 spiro atoms. The minimum absolute atomic E-state index is 0.368. The SMILES string of the molecule is CO[Si](CCCCCCCCCCCCCCCCCCCCCCCCCCCCCO)(OC)OC. The van der Waals surface area contributed by atoms with Crippen molar-refractivity contribution in [2.75, 3.05) is 27.9 Å². The molecular weight excluding hydrogens is 476 g/mol. The van der Waals surface area contributed by atoms with Gasteiger partial charge in [0.15, 0.2) is 0 Å². The van der Waals surface area contributed by atoms with Crippen molar-refractivity contribution in [2.24, 2.45) is 0 Å². The third-order valence-corrected chi connectivity index (χ3v) is 10.9. The van der Waals surface area contributed by atoms with E-state index in [2.05, 4.69) is 0 Å². The monoisotopic (exact) mass is 544 g/mol. The summed E-state index contributed by atoms with van der Waals surface area (Å²) in [5.74, 6) is 0. The largest absolute Gasteiger partial charge is 0.500 e. The van der Waals surface area contributed by atoms with E-state index < -0.39 is 8.80 Å².